The fourth-order valence-electron chi connectivity index (χ4n) is 4.97. The Morgan fingerprint density at radius 3 is 1.39 bits per heavy atom. The number of benzene rings is 5. The second kappa shape index (κ2) is 10.2. The summed E-state index contributed by atoms with van der Waals surface area (Å²) in [5.41, 5.74) is 4.83. The van der Waals surface area contributed by atoms with Gasteiger partial charge in [-0.15, -0.1) is 0 Å². The molecule has 38 heavy (non-hydrogen) atoms. The lowest BCUT2D eigenvalue weighted by Gasteiger charge is -2.22. The average Bonchev–Trinajstić information content (AvgIpc) is 3.40. The van der Waals surface area contributed by atoms with Crippen molar-refractivity contribution in [3.63, 3.8) is 0 Å². The summed E-state index contributed by atoms with van der Waals surface area (Å²) >= 11 is 0. The molecule has 6 rings (SSSR count). The molecule has 3 heteroatoms. The molecule has 6 aromatic rings. The smallest absolute Gasteiger partial charge is 0.175 e. The summed E-state index contributed by atoms with van der Waals surface area (Å²) in [6.07, 6.45) is 0. The van der Waals surface area contributed by atoms with Crippen LogP contribution in [0.25, 0.3) is 33.8 Å². The Bertz CT molecular complexity index is 1660. The topological polar surface area (TPSA) is 30.2 Å². The maximum atomic E-state index is 15.9. The van der Waals surface area contributed by atoms with E-state index in [0.717, 1.165) is 49.5 Å². The van der Waals surface area contributed by atoms with Crippen molar-refractivity contribution in [3.05, 3.63) is 151 Å². The van der Waals surface area contributed by atoms with Gasteiger partial charge in [0.25, 0.3) is 0 Å². The normalized spacial score (nSPS) is 11.4. The first-order valence-electron chi connectivity index (χ1n) is 12.7. The molecule has 1 heterocycles. The third-order valence-electron chi connectivity index (χ3n) is 6.85. The molecule has 0 aliphatic rings. The lowest BCUT2D eigenvalue weighted by Crippen LogP contribution is -2.26. The Balaban J connectivity index is 1.80. The molecule has 0 bridgehead atoms. The Morgan fingerprint density at radius 2 is 0.895 bits per heavy atom. The average molecular weight is 511 g/mol. The molecule has 0 atom stereocenters. The van der Waals surface area contributed by atoms with Gasteiger partial charge in [0.2, 0.25) is 0 Å². The summed E-state index contributed by atoms with van der Waals surface area (Å²) in [6.45, 7) is 2.07. The van der Waals surface area contributed by atoms with Crippen molar-refractivity contribution in [2.45, 2.75) is 6.92 Å². The lowest BCUT2D eigenvalue weighted by atomic mass is 10.0. The van der Waals surface area contributed by atoms with Crippen molar-refractivity contribution >= 4 is 23.1 Å². The molecule has 0 aliphatic heterocycles. The lowest BCUT2D eigenvalue weighted by molar-refractivity contribution is 0.589. The van der Waals surface area contributed by atoms with E-state index in [2.05, 4.69) is 43.3 Å². The molecule has 0 N–H and O–H groups in total. The van der Waals surface area contributed by atoms with E-state index in [1.165, 1.54) is 0 Å². The third-order valence-corrected chi connectivity index (χ3v) is 9.96. The number of hydrogen-bond donors (Lipinski definition) is 0. The van der Waals surface area contributed by atoms with Gasteiger partial charge < -0.3 is 8.98 Å². The Morgan fingerprint density at radius 1 is 0.474 bits per heavy atom. The molecule has 2 nitrogen and oxygen atoms in total. The minimum absolute atomic E-state index is 0.638. The minimum atomic E-state index is -3.39. The van der Waals surface area contributed by atoms with Gasteiger partial charge in [-0.1, -0.05) is 151 Å². The van der Waals surface area contributed by atoms with E-state index in [4.69, 9.17) is 4.42 Å². The highest BCUT2D eigenvalue weighted by atomic mass is 31.2. The maximum Gasteiger partial charge on any atom is 0.175 e. The highest BCUT2D eigenvalue weighted by Gasteiger charge is 2.39. The highest BCUT2D eigenvalue weighted by molar-refractivity contribution is 7.85. The summed E-state index contributed by atoms with van der Waals surface area (Å²) in [5.74, 6) is 1.35. The van der Waals surface area contributed by atoms with Gasteiger partial charge in [0, 0.05) is 27.3 Å². The monoisotopic (exact) mass is 510 g/mol. The minimum Gasteiger partial charge on any atom is -0.455 e. The molecule has 0 radical (unpaired) electrons. The second-order valence-corrected chi connectivity index (χ2v) is 12.1. The van der Waals surface area contributed by atoms with E-state index < -0.39 is 7.14 Å². The Labute approximate surface area is 223 Å². The van der Waals surface area contributed by atoms with E-state index in [1.54, 1.807) is 0 Å². The molecule has 0 spiro atoms. The van der Waals surface area contributed by atoms with Gasteiger partial charge in [-0.05, 0) is 12.5 Å². The maximum absolute atomic E-state index is 15.9. The molecular formula is C35H27O2P. The van der Waals surface area contributed by atoms with E-state index in [9.17, 15) is 0 Å². The van der Waals surface area contributed by atoms with E-state index >= 15 is 4.57 Å². The number of rotatable bonds is 6. The van der Waals surface area contributed by atoms with Crippen molar-refractivity contribution in [2.24, 2.45) is 0 Å². The molecule has 5 aromatic carbocycles. The summed E-state index contributed by atoms with van der Waals surface area (Å²) in [6, 6.07) is 48.1. The molecule has 184 valence electrons. The highest BCUT2D eigenvalue weighted by Crippen LogP contribution is 2.52. The van der Waals surface area contributed by atoms with Crippen LogP contribution in [0.15, 0.2) is 150 Å². The quantitative estimate of drug-likeness (QED) is 0.211. The van der Waals surface area contributed by atoms with Gasteiger partial charge in [0.05, 0.1) is 5.30 Å². The molecule has 0 fully saturated rings. The van der Waals surface area contributed by atoms with Crippen molar-refractivity contribution in [2.75, 3.05) is 0 Å². The summed E-state index contributed by atoms with van der Waals surface area (Å²) in [5, 5.41) is 2.28. The van der Waals surface area contributed by atoms with Gasteiger partial charge in [-0.25, -0.2) is 0 Å². The van der Waals surface area contributed by atoms with Crippen LogP contribution in [0, 0.1) is 6.92 Å². The molecular weight excluding hydrogens is 483 g/mol. The zero-order chi connectivity index (χ0) is 26.0. The summed E-state index contributed by atoms with van der Waals surface area (Å²) < 4.78 is 22.7. The zero-order valence-corrected chi connectivity index (χ0v) is 22.0. The van der Waals surface area contributed by atoms with Crippen LogP contribution in [0.5, 0.6) is 0 Å². The van der Waals surface area contributed by atoms with Crippen LogP contribution in [0.4, 0.5) is 0 Å². The van der Waals surface area contributed by atoms with Gasteiger partial charge in [0.1, 0.15) is 11.5 Å². The van der Waals surface area contributed by atoms with Crippen molar-refractivity contribution in [1.29, 1.82) is 0 Å². The fourth-order valence-corrected chi connectivity index (χ4v) is 7.98. The van der Waals surface area contributed by atoms with Gasteiger partial charge in [-0.2, -0.15) is 0 Å². The largest absolute Gasteiger partial charge is 0.455 e. The molecule has 0 saturated carbocycles. The van der Waals surface area contributed by atoms with Crippen LogP contribution >= 0.6 is 7.14 Å². The van der Waals surface area contributed by atoms with Gasteiger partial charge in [-0.3, -0.25) is 0 Å². The van der Waals surface area contributed by atoms with Crippen LogP contribution in [0.3, 0.4) is 0 Å². The third kappa shape index (κ3) is 4.24. The van der Waals surface area contributed by atoms with Crippen molar-refractivity contribution in [1.82, 2.24) is 0 Å². The molecule has 0 aliphatic carbocycles. The van der Waals surface area contributed by atoms with Crippen LogP contribution < -0.4 is 15.9 Å². The summed E-state index contributed by atoms with van der Waals surface area (Å²) in [7, 11) is -3.39. The fraction of sp³-hybridized carbons (Fsp3) is 0.0286. The molecule has 0 amide bonds. The SMILES string of the molecule is Cc1ccc(-c2oc(-c3ccccc3)c(-c3ccccc3)c2P(=O)(c2ccccc2)c2ccccc2)cc1. The first-order chi connectivity index (χ1) is 18.7. The van der Waals surface area contributed by atoms with Crippen molar-refractivity contribution < 1.29 is 8.98 Å². The zero-order valence-electron chi connectivity index (χ0n) is 21.1. The first kappa shape index (κ1) is 24.0. The predicted molar refractivity (Wildman–Crippen MR) is 159 cm³/mol. The Kier molecular flexibility index (Phi) is 6.42. The van der Waals surface area contributed by atoms with Gasteiger partial charge in [0.15, 0.2) is 7.14 Å². The molecule has 1 aromatic heterocycles. The molecule has 0 unspecified atom stereocenters. The summed E-state index contributed by atoms with van der Waals surface area (Å²) in [4.78, 5) is 0. The van der Waals surface area contributed by atoms with Crippen LogP contribution in [-0.2, 0) is 4.57 Å². The van der Waals surface area contributed by atoms with Crippen LogP contribution in [-0.4, -0.2) is 0 Å². The number of furan rings is 1. The van der Waals surface area contributed by atoms with E-state index in [1.807, 2.05) is 109 Å². The van der Waals surface area contributed by atoms with E-state index in [0.29, 0.717) is 5.76 Å². The Hall–Kier alpha value is -4.39. The predicted octanol–water partition coefficient (Wildman–Crippen LogP) is 8.23. The van der Waals surface area contributed by atoms with Crippen LogP contribution in [0.1, 0.15) is 5.56 Å². The first-order valence-corrected chi connectivity index (χ1v) is 14.4. The van der Waals surface area contributed by atoms with E-state index in [-0.39, 0.29) is 0 Å². The van der Waals surface area contributed by atoms with Crippen molar-refractivity contribution in [3.8, 4) is 33.8 Å². The van der Waals surface area contributed by atoms with Gasteiger partial charge >= 0.3 is 0 Å². The second-order valence-electron chi connectivity index (χ2n) is 9.36. The number of hydrogen-bond acceptors (Lipinski definition) is 2. The number of aryl methyl sites for hydroxylation is 1. The standard InChI is InChI=1S/C35H27O2P/c1-26-22-24-29(25-23-26)34-35(38(36,30-18-10-4-11-19-30)31-20-12-5-13-21-31)32(27-14-6-2-7-15-27)33(37-34)28-16-8-3-9-17-28/h2-25H,1H3. The molecule has 0 saturated heterocycles. The van der Waals surface area contributed by atoms with Crippen LogP contribution in [0.2, 0.25) is 0 Å².